The highest BCUT2D eigenvalue weighted by molar-refractivity contribution is 5.79. The van der Waals surface area contributed by atoms with Gasteiger partial charge in [0.2, 0.25) is 0 Å². The fraction of sp³-hybridized carbons (Fsp3) is 0.458. The molecule has 5 rings (SSSR count). The largest absolute Gasteiger partial charge is 0.395 e. The Hall–Kier alpha value is -2.28. The predicted molar refractivity (Wildman–Crippen MR) is 114 cm³/mol. The molecule has 1 unspecified atom stereocenters. The molecule has 0 bridgehead atoms. The molecule has 1 atom stereocenters. The fourth-order valence-corrected chi connectivity index (χ4v) is 5.06. The first kappa shape index (κ1) is 19.7. The van der Waals surface area contributed by atoms with E-state index in [1.165, 1.54) is 23.3 Å². The topological polar surface area (TPSA) is 52.7 Å². The fourth-order valence-electron chi connectivity index (χ4n) is 5.06. The maximum absolute atomic E-state index is 13.4. The van der Waals surface area contributed by atoms with Crippen LogP contribution in [0.1, 0.15) is 35.6 Å². The average Bonchev–Trinajstić information content (AvgIpc) is 3.20. The molecule has 2 aliphatic heterocycles. The molecule has 2 aliphatic rings. The van der Waals surface area contributed by atoms with Gasteiger partial charge in [0.15, 0.2) is 5.58 Å². The molecule has 1 fully saturated rings. The number of halogens is 1. The molecule has 0 spiro atoms. The maximum Gasteiger partial charge on any atom is 0.170 e. The van der Waals surface area contributed by atoms with E-state index in [2.05, 4.69) is 39.2 Å². The van der Waals surface area contributed by atoms with Crippen molar-refractivity contribution < 1.29 is 14.0 Å². The summed E-state index contributed by atoms with van der Waals surface area (Å²) in [7, 11) is 0. The number of benzene rings is 2. The van der Waals surface area contributed by atoms with Gasteiger partial charge in [-0.2, -0.15) is 0 Å². The van der Waals surface area contributed by atoms with E-state index in [0.29, 0.717) is 11.5 Å². The maximum atomic E-state index is 13.4. The third kappa shape index (κ3) is 3.87. The summed E-state index contributed by atoms with van der Waals surface area (Å²) in [6, 6.07) is 13.5. The minimum absolute atomic E-state index is 0.152. The Morgan fingerprint density at radius 3 is 2.70 bits per heavy atom. The van der Waals surface area contributed by atoms with Gasteiger partial charge in [-0.25, -0.2) is 4.39 Å². The summed E-state index contributed by atoms with van der Waals surface area (Å²) in [5.74, 6) is 0.0142. The Labute approximate surface area is 176 Å². The lowest BCUT2D eigenvalue weighted by molar-refractivity contribution is 0.0644. The monoisotopic (exact) mass is 409 g/mol. The van der Waals surface area contributed by atoms with Crippen LogP contribution in [0.4, 0.5) is 4.39 Å². The summed E-state index contributed by atoms with van der Waals surface area (Å²) < 4.78 is 18.8. The number of aliphatic hydroxyl groups excluding tert-OH is 1. The quantitative estimate of drug-likeness (QED) is 0.698. The second-order valence-electron chi connectivity index (χ2n) is 8.61. The van der Waals surface area contributed by atoms with Crippen molar-refractivity contribution >= 4 is 11.0 Å². The van der Waals surface area contributed by atoms with Gasteiger partial charge < -0.3 is 9.63 Å². The van der Waals surface area contributed by atoms with Crippen molar-refractivity contribution in [2.45, 2.75) is 37.8 Å². The molecule has 30 heavy (non-hydrogen) atoms. The Morgan fingerprint density at radius 1 is 1.10 bits per heavy atom. The molecule has 3 heterocycles. The number of rotatable bonds is 5. The molecule has 0 saturated carbocycles. The summed E-state index contributed by atoms with van der Waals surface area (Å²) in [6.45, 7) is 4.93. The van der Waals surface area contributed by atoms with Gasteiger partial charge in [-0.1, -0.05) is 29.4 Å². The van der Waals surface area contributed by atoms with Gasteiger partial charge in [0.25, 0.3) is 0 Å². The molecule has 3 aromatic rings. The van der Waals surface area contributed by atoms with E-state index in [1.54, 1.807) is 6.07 Å². The van der Waals surface area contributed by atoms with Crippen molar-refractivity contribution in [3.63, 3.8) is 0 Å². The lowest BCUT2D eigenvalue weighted by Crippen LogP contribution is -2.49. The summed E-state index contributed by atoms with van der Waals surface area (Å²) in [5, 5.41) is 15.3. The summed E-state index contributed by atoms with van der Waals surface area (Å²) >= 11 is 0. The zero-order chi connectivity index (χ0) is 20.5. The van der Waals surface area contributed by atoms with Crippen LogP contribution in [0.15, 0.2) is 47.0 Å². The second-order valence-corrected chi connectivity index (χ2v) is 8.61. The average molecular weight is 410 g/mol. The Balaban J connectivity index is 1.21. The van der Waals surface area contributed by atoms with Crippen molar-refractivity contribution in [1.82, 2.24) is 15.0 Å². The zero-order valence-corrected chi connectivity index (χ0v) is 17.1. The molecule has 6 heteroatoms. The number of nitrogens with zero attached hydrogens (tertiary/aromatic N) is 3. The Morgan fingerprint density at radius 2 is 1.90 bits per heavy atom. The molecule has 1 saturated heterocycles. The first-order chi connectivity index (χ1) is 14.7. The molecular weight excluding hydrogens is 381 g/mol. The Bertz CT molecular complexity index is 1010. The first-order valence-electron chi connectivity index (χ1n) is 10.9. The number of aliphatic hydroxyl groups is 1. The lowest BCUT2D eigenvalue weighted by Gasteiger charge is -2.39. The van der Waals surface area contributed by atoms with E-state index >= 15 is 0 Å². The highest BCUT2D eigenvalue weighted by Crippen LogP contribution is 2.33. The van der Waals surface area contributed by atoms with Crippen LogP contribution >= 0.6 is 0 Å². The summed E-state index contributed by atoms with van der Waals surface area (Å²) in [5.41, 5.74) is 4.33. The number of hydrogen-bond donors (Lipinski definition) is 1. The SMILES string of the molecule is OCC(CN1CCc2ccccc2C1)N1CCC(c2noc3cc(F)ccc23)CC1. The van der Waals surface area contributed by atoms with Gasteiger partial charge in [-0.05, 0) is 55.6 Å². The van der Waals surface area contributed by atoms with E-state index in [4.69, 9.17) is 4.52 Å². The van der Waals surface area contributed by atoms with Gasteiger partial charge in [0, 0.05) is 43.0 Å². The van der Waals surface area contributed by atoms with E-state index in [9.17, 15) is 9.50 Å². The second kappa shape index (κ2) is 8.46. The minimum Gasteiger partial charge on any atom is -0.395 e. The van der Waals surface area contributed by atoms with E-state index in [0.717, 1.165) is 63.1 Å². The van der Waals surface area contributed by atoms with Gasteiger partial charge in [-0.3, -0.25) is 9.80 Å². The number of aromatic nitrogens is 1. The normalized spacial score (nSPS) is 19.8. The van der Waals surface area contributed by atoms with Gasteiger partial charge in [-0.15, -0.1) is 0 Å². The lowest BCUT2D eigenvalue weighted by atomic mass is 9.91. The number of hydrogen-bond acceptors (Lipinski definition) is 5. The molecule has 1 N–H and O–H groups in total. The number of fused-ring (bicyclic) bond motifs is 2. The predicted octanol–water partition coefficient (Wildman–Crippen LogP) is 3.57. The molecule has 0 aliphatic carbocycles. The van der Waals surface area contributed by atoms with E-state index in [-0.39, 0.29) is 18.5 Å². The molecule has 0 amide bonds. The van der Waals surface area contributed by atoms with Gasteiger partial charge in [0.1, 0.15) is 5.82 Å². The van der Waals surface area contributed by atoms with E-state index < -0.39 is 0 Å². The van der Waals surface area contributed by atoms with Crippen LogP contribution in [-0.2, 0) is 13.0 Å². The number of piperidine rings is 1. The summed E-state index contributed by atoms with van der Waals surface area (Å²) in [4.78, 5) is 4.88. The van der Waals surface area contributed by atoms with Gasteiger partial charge in [0.05, 0.1) is 12.3 Å². The van der Waals surface area contributed by atoms with Crippen LogP contribution in [0, 0.1) is 5.82 Å². The first-order valence-corrected chi connectivity index (χ1v) is 10.9. The molecular formula is C24H28FN3O2. The van der Waals surface area contributed by atoms with Crippen LogP contribution in [0.5, 0.6) is 0 Å². The molecule has 2 aromatic carbocycles. The molecule has 1 aromatic heterocycles. The van der Waals surface area contributed by atoms with Crippen molar-refractivity contribution in [2.24, 2.45) is 0 Å². The highest BCUT2D eigenvalue weighted by atomic mass is 19.1. The summed E-state index contributed by atoms with van der Waals surface area (Å²) in [6.07, 6.45) is 3.02. The van der Waals surface area contributed by atoms with Crippen LogP contribution in [0.25, 0.3) is 11.0 Å². The minimum atomic E-state index is -0.300. The molecule has 5 nitrogen and oxygen atoms in total. The molecule has 158 valence electrons. The smallest absolute Gasteiger partial charge is 0.170 e. The number of likely N-dealkylation sites (tertiary alicyclic amines) is 1. The van der Waals surface area contributed by atoms with Crippen LogP contribution in [-0.4, -0.2) is 58.9 Å². The van der Waals surface area contributed by atoms with Crippen LogP contribution in [0.2, 0.25) is 0 Å². The van der Waals surface area contributed by atoms with Crippen molar-refractivity contribution in [3.05, 3.63) is 65.1 Å². The van der Waals surface area contributed by atoms with Crippen molar-refractivity contribution in [2.75, 3.05) is 32.8 Å². The third-order valence-electron chi connectivity index (χ3n) is 6.78. The molecule has 0 radical (unpaired) electrons. The van der Waals surface area contributed by atoms with Crippen molar-refractivity contribution in [3.8, 4) is 0 Å². The van der Waals surface area contributed by atoms with Crippen molar-refractivity contribution in [1.29, 1.82) is 0 Å². The van der Waals surface area contributed by atoms with E-state index in [1.807, 2.05) is 0 Å². The van der Waals surface area contributed by atoms with Gasteiger partial charge >= 0.3 is 0 Å². The Kier molecular flexibility index (Phi) is 5.54. The highest BCUT2D eigenvalue weighted by Gasteiger charge is 2.30. The standard InChI is InChI=1S/C24H28FN3O2/c25-20-5-6-22-23(13-20)30-26-24(22)18-8-11-28(12-9-18)21(16-29)15-27-10-7-17-3-1-2-4-19(17)14-27/h1-6,13,18,21,29H,7-12,14-16H2. The third-order valence-corrected chi connectivity index (χ3v) is 6.78. The van der Waals surface area contributed by atoms with Crippen LogP contribution in [0.3, 0.4) is 0 Å². The van der Waals surface area contributed by atoms with Crippen LogP contribution < -0.4 is 0 Å². The zero-order valence-electron chi connectivity index (χ0n) is 17.1.